The zero-order valence-electron chi connectivity index (χ0n) is 24.8. The number of carboxylic acid groups (broad SMARTS) is 1. The maximum Gasteiger partial charge on any atom is 0.329 e. The Morgan fingerprint density at radius 3 is 2.48 bits per heavy atom. The summed E-state index contributed by atoms with van der Waals surface area (Å²) in [6.45, 7) is 10.4. The molecule has 0 aliphatic carbocycles. The molecule has 10 nitrogen and oxygen atoms in total. The molecule has 0 radical (unpaired) electrons. The minimum absolute atomic E-state index is 0. The molecule has 230 valence electrons. The van der Waals surface area contributed by atoms with Crippen LogP contribution in [0.5, 0.6) is 17.2 Å². The van der Waals surface area contributed by atoms with Crippen molar-refractivity contribution in [3.05, 3.63) is 46.3 Å². The van der Waals surface area contributed by atoms with Crippen molar-refractivity contribution in [2.24, 2.45) is 0 Å². The molecule has 1 atom stereocenters. The molecule has 0 fully saturated rings. The van der Waals surface area contributed by atoms with Crippen molar-refractivity contribution in [3.63, 3.8) is 0 Å². The van der Waals surface area contributed by atoms with Crippen LogP contribution < -0.4 is 19.1 Å². The Hall–Kier alpha value is -3.57. The number of ether oxygens (including phenoxy) is 4. The number of nitrogens with one attached hydrogen (secondary N) is 1. The molecular weight excluding hydrogens is 569 g/mol. The first-order valence-corrected chi connectivity index (χ1v) is 13.7. The van der Waals surface area contributed by atoms with E-state index in [0.717, 1.165) is 11.3 Å². The molecule has 2 N–H and O–H groups in total. The van der Waals surface area contributed by atoms with Crippen molar-refractivity contribution in [1.29, 1.82) is 5.41 Å². The summed E-state index contributed by atoms with van der Waals surface area (Å²) in [5, 5.41) is 17.6. The summed E-state index contributed by atoms with van der Waals surface area (Å²) in [6.07, 6.45) is -0.379. The fraction of sp³-hybridized carbons (Fsp3) is 0.500. The molecule has 42 heavy (non-hydrogen) atoms. The maximum absolute atomic E-state index is 15.5. The van der Waals surface area contributed by atoms with Gasteiger partial charge in [-0.25, -0.2) is 9.18 Å². The number of benzene rings is 2. The van der Waals surface area contributed by atoms with Crippen LogP contribution in [0.25, 0.3) is 0 Å². The molecular formula is C30H39ClFN3O7. The maximum atomic E-state index is 15.5. The number of carbonyl (C=O) groups is 2. The van der Waals surface area contributed by atoms with Crippen molar-refractivity contribution in [3.8, 4) is 17.2 Å². The number of Topliss-reactive ketones (excluding diaryl/α,β-unsaturated/α-hetero) is 1. The number of likely N-dealkylation sites (N-methyl/N-ethyl adjacent to an activating group) is 1. The third-order valence-electron chi connectivity index (χ3n) is 7.01. The van der Waals surface area contributed by atoms with E-state index in [0.29, 0.717) is 30.0 Å². The van der Waals surface area contributed by atoms with Crippen molar-refractivity contribution < 1.29 is 38.0 Å². The van der Waals surface area contributed by atoms with E-state index in [2.05, 4.69) is 0 Å². The van der Waals surface area contributed by atoms with Gasteiger partial charge in [0.25, 0.3) is 0 Å². The molecule has 1 unspecified atom stereocenters. The molecule has 0 amide bonds. The number of carboxylic acids is 1. The predicted octanol–water partition coefficient (Wildman–Crippen LogP) is 4.66. The van der Waals surface area contributed by atoms with Crippen LogP contribution in [0.1, 0.15) is 61.7 Å². The zero-order valence-corrected chi connectivity index (χ0v) is 25.7. The van der Waals surface area contributed by atoms with Crippen LogP contribution in [0.2, 0.25) is 0 Å². The highest BCUT2D eigenvalue weighted by atomic mass is 35.5. The molecule has 12 heteroatoms. The van der Waals surface area contributed by atoms with Gasteiger partial charge in [0.2, 0.25) is 0 Å². The van der Waals surface area contributed by atoms with Gasteiger partial charge < -0.3 is 33.9 Å². The van der Waals surface area contributed by atoms with Crippen molar-refractivity contribution >= 4 is 35.7 Å². The van der Waals surface area contributed by atoms with Crippen LogP contribution >= 0.6 is 12.4 Å². The first-order valence-electron chi connectivity index (χ1n) is 13.7. The van der Waals surface area contributed by atoms with E-state index in [1.165, 1.54) is 0 Å². The average Bonchev–Trinajstić information content (AvgIpc) is 3.19. The Bertz CT molecular complexity index is 1360. The summed E-state index contributed by atoms with van der Waals surface area (Å²) < 4.78 is 38.1. The van der Waals surface area contributed by atoms with Crippen LogP contribution in [0.15, 0.2) is 18.2 Å². The highest BCUT2D eigenvalue weighted by Crippen LogP contribution is 2.43. The minimum atomic E-state index is -1.05. The summed E-state index contributed by atoms with van der Waals surface area (Å²) in [7, 11) is 1.88. The summed E-state index contributed by atoms with van der Waals surface area (Å²) in [6, 6.07) is 5.27. The molecule has 2 aliphatic heterocycles. The summed E-state index contributed by atoms with van der Waals surface area (Å²) in [4.78, 5) is 28.0. The van der Waals surface area contributed by atoms with Crippen molar-refractivity contribution in [2.75, 3.05) is 51.5 Å². The lowest BCUT2D eigenvalue weighted by atomic mass is 9.84. The second-order valence-corrected chi connectivity index (χ2v) is 11.2. The second-order valence-electron chi connectivity index (χ2n) is 11.2. The number of hydrogen-bond donors (Lipinski definition) is 2. The van der Waals surface area contributed by atoms with Gasteiger partial charge in [-0.2, -0.15) is 0 Å². The number of hydrogen-bond acceptors (Lipinski definition) is 8. The number of rotatable bonds is 11. The quantitative estimate of drug-likeness (QED) is 0.351. The van der Waals surface area contributed by atoms with Gasteiger partial charge >= 0.3 is 5.97 Å². The van der Waals surface area contributed by atoms with E-state index in [1.54, 1.807) is 30.9 Å². The van der Waals surface area contributed by atoms with Crippen LogP contribution in [-0.4, -0.2) is 80.3 Å². The van der Waals surface area contributed by atoms with Crippen LogP contribution in [0.3, 0.4) is 0 Å². The Morgan fingerprint density at radius 2 is 1.86 bits per heavy atom. The van der Waals surface area contributed by atoms with E-state index in [9.17, 15) is 9.59 Å². The van der Waals surface area contributed by atoms with Gasteiger partial charge in [-0.1, -0.05) is 20.8 Å². The highest BCUT2D eigenvalue weighted by Gasteiger charge is 2.35. The molecule has 2 aromatic carbocycles. The average molecular weight is 608 g/mol. The molecule has 0 aromatic heterocycles. The largest absolute Gasteiger partial charge is 0.490 e. The number of carbonyl (C=O) groups excluding carboxylic acids is 1. The highest BCUT2D eigenvalue weighted by molar-refractivity contribution is 6.06. The van der Waals surface area contributed by atoms with E-state index in [4.69, 9.17) is 29.5 Å². The van der Waals surface area contributed by atoms with Gasteiger partial charge in [-0.3, -0.25) is 10.2 Å². The van der Waals surface area contributed by atoms with Gasteiger partial charge in [-0.05, 0) is 43.0 Å². The number of halogens is 2. The number of anilines is 1. The summed E-state index contributed by atoms with van der Waals surface area (Å²) >= 11 is 0. The molecule has 0 saturated carbocycles. The first-order chi connectivity index (χ1) is 19.3. The molecule has 0 spiro atoms. The van der Waals surface area contributed by atoms with Gasteiger partial charge in [0.05, 0.1) is 44.2 Å². The molecule has 0 saturated heterocycles. The molecule has 2 aromatic rings. The number of ketones is 1. The van der Waals surface area contributed by atoms with Gasteiger partial charge in [-0.15, -0.1) is 12.4 Å². The first kappa shape index (κ1) is 32.9. The van der Waals surface area contributed by atoms with Crippen molar-refractivity contribution in [1.82, 2.24) is 4.90 Å². The Labute approximate surface area is 251 Å². The van der Waals surface area contributed by atoms with Crippen LogP contribution in [0, 0.1) is 11.2 Å². The number of amidine groups is 1. The Morgan fingerprint density at radius 1 is 1.17 bits per heavy atom. The lowest BCUT2D eigenvalue weighted by Crippen LogP contribution is -2.42. The number of aliphatic carboxylic acids is 1. The topological polar surface area (TPSA) is 122 Å². The van der Waals surface area contributed by atoms with Gasteiger partial charge in [0.15, 0.2) is 23.1 Å². The van der Waals surface area contributed by atoms with Crippen LogP contribution in [0.4, 0.5) is 10.1 Å². The fourth-order valence-corrected chi connectivity index (χ4v) is 5.13. The molecule has 2 heterocycles. The predicted molar refractivity (Wildman–Crippen MR) is 159 cm³/mol. The summed E-state index contributed by atoms with van der Waals surface area (Å²) in [5.41, 5.74) is 2.33. The second kappa shape index (κ2) is 13.2. The van der Waals surface area contributed by atoms with E-state index >= 15 is 4.39 Å². The molecule has 2 aliphatic rings. The number of fused-ring (bicyclic) bond motifs is 2. The third kappa shape index (κ3) is 6.73. The SMILES string of the molecule is CCOc1cc2c(c(F)c1OCC)C(=N)N(CC(=O)c1cc3c(c(C(C)(C)C)c1)OC(COCC(=O)O)CN3C)C2.Cl. The zero-order chi connectivity index (χ0) is 30.1. The fourth-order valence-electron chi connectivity index (χ4n) is 5.13. The van der Waals surface area contributed by atoms with Gasteiger partial charge in [0.1, 0.15) is 24.3 Å². The van der Waals surface area contributed by atoms with Gasteiger partial charge in [0, 0.05) is 24.7 Å². The Balaban J connectivity index is 0.00000484. The lowest BCUT2D eigenvalue weighted by Gasteiger charge is -2.37. The standard InChI is InChI=1S/C30H38FN3O7.ClH/c1-7-39-23-11-18-12-34(29(32)25(18)26(31)28(23)40-8-2)14-22(35)17-9-20(30(3,4)5)27-21(10-17)33(6)13-19(41-27)15-38-16-24(36)37;/h9-11,19,32H,7-8,12-16H2,1-6H3,(H,36,37);1H. The minimum Gasteiger partial charge on any atom is -0.490 e. The Kier molecular flexibility index (Phi) is 10.3. The normalized spacial score (nSPS) is 15.9. The summed E-state index contributed by atoms with van der Waals surface area (Å²) in [5.74, 6) is -1.11. The van der Waals surface area contributed by atoms with E-state index < -0.39 is 18.4 Å². The van der Waals surface area contributed by atoms with E-state index in [1.807, 2.05) is 38.8 Å². The molecule has 0 bridgehead atoms. The molecule has 4 rings (SSSR count). The van der Waals surface area contributed by atoms with E-state index in [-0.39, 0.29) is 78.9 Å². The van der Waals surface area contributed by atoms with Crippen LogP contribution in [-0.2, 0) is 21.5 Å². The lowest BCUT2D eigenvalue weighted by molar-refractivity contribution is -0.143. The third-order valence-corrected chi connectivity index (χ3v) is 7.01. The number of nitrogens with zero attached hydrogens (tertiary/aromatic N) is 2. The monoisotopic (exact) mass is 607 g/mol. The van der Waals surface area contributed by atoms with Crippen molar-refractivity contribution in [2.45, 2.75) is 52.7 Å². The smallest absolute Gasteiger partial charge is 0.329 e.